The second-order valence-electron chi connectivity index (χ2n) is 12.4. The Kier molecular flexibility index (Phi) is 11.4. The van der Waals surface area contributed by atoms with E-state index in [-0.39, 0.29) is 31.7 Å². The van der Waals surface area contributed by atoms with Gasteiger partial charge in [0.2, 0.25) is 41.4 Å². The first kappa shape index (κ1) is 34.9. The highest BCUT2D eigenvalue weighted by Gasteiger charge is 2.40. The molecule has 6 N–H and O–H groups in total. The van der Waals surface area contributed by atoms with E-state index < -0.39 is 85.2 Å². The number of carbonyl (C=O) groups is 7. The maximum atomic E-state index is 14.0. The van der Waals surface area contributed by atoms with Crippen LogP contribution in [0, 0.1) is 0 Å². The van der Waals surface area contributed by atoms with Crippen LogP contribution in [0.5, 0.6) is 5.75 Å². The lowest BCUT2D eigenvalue weighted by Crippen LogP contribution is -2.57. The molecule has 49 heavy (non-hydrogen) atoms. The maximum Gasteiger partial charge on any atom is 0.246 e. The van der Waals surface area contributed by atoms with E-state index in [1.807, 2.05) is 30.3 Å². The zero-order valence-electron chi connectivity index (χ0n) is 27.0. The van der Waals surface area contributed by atoms with Crippen LogP contribution in [0.2, 0.25) is 0 Å². The molecule has 0 bridgehead atoms. The lowest BCUT2D eigenvalue weighted by Gasteiger charge is -2.31. The fourth-order valence-corrected chi connectivity index (χ4v) is 6.40. The zero-order valence-corrected chi connectivity index (χ0v) is 27.0. The molecule has 3 fully saturated rings. The Hall–Kier alpha value is -5.47. The standard InChI is InChI=1S/C34H41N7O8/c42-23-12-10-22(11-13-23)16-24-31(46)37-20-30(45)40-14-4-9-27(40)33(48)39-25(17-21-6-2-1-3-7-21)34(49)41-15-5-8-26(41)32(47)36-18-28(43)35-19-29(44)38-24/h1-3,6-7,10-13,24-27,42H,4-5,8-9,14-20H2,(H,35,43)(H,36,47)(H,37,46)(H,38,44)(H,39,48). The van der Waals surface area contributed by atoms with Crippen molar-refractivity contribution in [2.45, 2.75) is 62.7 Å². The summed E-state index contributed by atoms with van der Waals surface area (Å²) in [6.07, 6.45) is 1.96. The van der Waals surface area contributed by atoms with Crippen LogP contribution in [0.1, 0.15) is 36.8 Å². The maximum absolute atomic E-state index is 14.0. The third-order valence-corrected chi connectivity index (χ3v) is 8.92. The largest absolute Gasteiger partial charge is 0.508 e. The van der Waals surface area contributed by atoms with Crippen molar-refractivity contribution in [1.29, 1.82) is 0 Å². The number of nitrogens with one attached hydrogen (secondary N) is 5. The fraction of sp³-hybridized carbons (Fsp3) is 0.441. The number of benzene rings is 2. The molecule has 0 spiro atoms. The fourth-order valence-electron chi connectivity index (χ4n) is 6.40. The van der Waals surface area contributed by atoms with Crippen LogP contribution in [-0.4, -0.2) is 113 Å². The van der Waals surface area contributed by atoms with Gasteiger partial charge in [-0.1, -0.05) is 42.5 Å². The molecule has 15 nitrogen and oxygen atoms in total. The Labute approximate surface area is 283 Å². The number of carbonyl (C=O) groups excluding carboxylic acids is 7. The van der Waals surface area contributed by atoms with E-state index in [0.29, 0.717) is 31.2 Å². The van der Waals surface area contributed by atoms with Gasteiger partial charge in [0.05, 0.1) is 19.6 Å². The quantitative estimate of drug-likeness (QED) is 0.224. The van der Waals surface area contributed by atoms with Crippen LogP contribution in [0.4, 0.5) is 0 Å². The molecule has 260 valence electrons. The molecule has 3 heterocycles. The molecule has 2 aromatic rings. The monoisotopic (exact) mass is 675 g/mol. The highest BCUT2D eigenvalue weighted by molar-refractivity contribution is 5.97. The van der Waals surface area contributed by atoms with Gasteiger partial charge in [-0.05, 0) is 48.9 Å². The lowest BCUT2D eigenvalue weighted by atomic mass is 10.0. The van der Waals surface area contributed by atoms with Crippen LogP contribution in [0.3, 0.4) is 0 Å². The smallest absolute Gasteiger partial charge is 0.246 e. The average molecular weight is 676 g/mol. The molecule has 4 atom stereocenters. The topological polar surface area (TPSA) is 206 Å². The second kappa shape index (κ2) is 16.1. The molecular weight excluding hydrogens is 634 g/mol. The summed E-state index contributed by atoms with van der Waals surface area (Å²) >= 11 is 0. The Morgan fingerprint density at radius 1 is 0.592 bits per heavy atom. The number of aromatic hydroxyl groups is 1. The summed E-state index contributed by atoms with van der Waals surface area (Å²) in [5.74, 6) is -4.04. The van der Waals surface area contributed by atoms with Crippen molar-refractivity contribution in [1.82, 2.24) is 36.4 Å². The van der Waals surface area contributed by atoms with Gasteiger partial charge in [0.1, 0.15) is 29.9 Å². The first-order valence-corrected chi connectivity index (χ1v) is 16.4. The Morgan fingerprint density at radius 2 is 1.18 bits per heavy atom. The van der Waals surface area contributed by atoms with Crippen LogP contribution in [-0.2, 0) is 46.4 Å². The van der Waals surface area contributed by atoms with Gasteiger partial charge < -0.3 is 41.5 Å². The predicted molar refractivity (Wildman–Crippen MR) is 174 cm³/mol. The number of fused-ring (bicyclic) bond motifs is 2. The summed E-state index contributed by atoms with van der Waals surface area (Å²) in [4.78, 5) is 95.7. The number of phenols is 1. The molecule has 15 heteroatoms. The Balaban J connectivity index is 1.38. The molecule has 3 aliphatic rings. The van der Waals surface area contributed by atoms with E-state index in [9.17, 15) is 38.7 Å². The molecule has 0 aliphatic carbocycles. The molecule has 0 saturated carbocycles. The SMILES string of the molecule is O=C1CNC(=O)C2CCCN2C(=O)C(Cc2ccccc2)NC(=O)C2CCCN2C(=O)CNC(=O)C(Cc2ccc(O)cc2)NC(=O)CN1. The van der Waals surface area contributed by atoms with Gasteiger partial charge in [-0.25, -0.2) is 0 Å². The van der Waals surface area contributed by atoms with Crippen molar-refractivity contribution < 1.29 is 38.7 Å². The summed E-state index contributed by atoms with van der Waals surface area (Å²) < 4.78 is 0. The van der Waals surface area contributed by atoms with Crippen molar-refractivity contribution in [2.75, 3.05) is 32.7 Å². The van der Waals surface area contributed by atoms with Crippen molar-refractivity contribution in [2.24, 2.45) is 0 Å². The van der Waals surface area contributed by atoms with Gasteiger partial charge in [-0.2, -0.15) is 0 Å². The highest BCUT2D eigenvalue weighted by Crippen LogP contribution is 2.22. The number of phenolic OH excluding ortho intramolecular Hbond substituents is 1. The number of hydrogen-bond acceptors (Lipinski definition) is 8. The van der Waals surface area contributed by atoms with Gasteiger partial charge in [0.25, 0.3) is 0 Å². The summed E-state index contributed by atoms with van der Waals surface area (Å²) in [6, 6.07) is 11.2. The summed E-state index contributed by atoms with van der Waals surface area (Å²) in [5.41, 5.74) is 1.40. The van der Waals surface area contributed by atoms with Crippen LogP contribution in [0.25, 0.3) is 0 Å². The normalized spacial score (nSPS) is 24.9. The third-order valence-electron chi connectivity index (χ3n) is 8.92. The van der Waals surface area contributed by atoms with E-state index in [2.05, 4.69) is 26.6 Å². The van der Waals surface area contributed by atoms with Crippen LogP contribution < -0.4 is 26.6 Å². The van der Waals surface area contributed by atoms with E-state index in [4.69, 9.17) is 0 Å². The average Bonchev–Trinajstić information content (AvgIpc) is 3.80. The van der Waals surface area contributed by atoms with Gasteiger partial charge in [0, 0.05) is 25.9 Å². The molecule has 7 amide bonds. The summed E-state index contributed by atoms with van der Waals surface area (Å²) in [5, 5.41) is 22.6. The van der Waals surface area contributed by atoms with E-state index in [0.717, 1.165) is 5.56 Å². The van der Waals surface area contributed by atoms with Crippen LogP contribution in [0.15, 0.2) is 54.6 Å². The second-order valence-corrected chi connectivity index (χ2v) is 12.4. The molecule has 2 aromatic carbocycles. The number of rotatable bonds is 4. The van der Waals surface area contributed by atoms with Crippen molar-refractivity contribution in [3.63, 3.8) is 0 Å². The van der Waals surface area contributed by atoms with Gasteiger partial charge >= 0.3 is 0 Å². The first-order chi connectivity index (χ1) is 23.6. The van der Waals surface area contributed by atoms with E-state index in [1.165, 1.54) is 21.9 Å². The van der Waals surface area contributed by atoms with Gasteiger partial charge in [-0.15, -0.1) is 0 Å². The molecule has 0 aromatic heterocycles. The zero-order chi connectivity index (χ0) is 34.9. The lowest BCUT2D eigenvalue weighted by molar-refractivity contribution is -0.143. The number of nitrogens with zero attached hydrogens (tertiary/aromatic N) is 2. The van der Waals surface area contributed by atoms with Gasteiger partial charge in [0.15, 0.2) is 0 Å². The number of hydrogen-bond donors (Lipinski definition) is 6. The van der Waals surface area contributed by atoms with E-state index >= 15 is 0 Å². The van der Waals surface area contributed by atoms with Crippen molar-refractivity contribution in [3.05, 3.63) is 65.7 Å². The minimum absolute atomic E-state index is 0.0134. The minimum atomic E-state index is -1.15. The Morgan fingerprint density at radius 3 is 1.90 bits per heavy atom. The molecule has 3 saturated heterocycles. The molecule has 0 radical (unpaired) electrons. The molecule has 5 rings (SSSR count). The molecule has 3 aliphatic heterocycles. The minimum Gasteiger partial charge on any atom is -0.508 e. The number of amides is 7. The Bertz CT molecular complexity index is 1570. The first-order valence-electron chi connectivity index (χ1n) is 16.4. The van der Waals surface area contributed by atoms with Gasteiger partial charge in [-0.3, -0.25) is 33.6 Å². The molecule has 4 unspecified atom stereocenters. The summed E-state index contributed by atoms with van der Waals surface area (Å²) in [7, 11) is 0. The highest BCUT2D eigenvalue weighted by atomic mass is 16.3. The van der Waals surface area contributed by atoms with Crippen LogP contribution >= 0.6 is 0 Å². The summed E-state index contributed by atoms with van der Waals surface area (Å²) in [6.45, 7) is -0.844. The third kappa shape index (κ3) is 9.12. The van der Waals surface area contributed by atoms with Crippen molar-refractivity contribution >= 4 is 41.4 Å². The van der Waals surface area contributed by atoms with Crippen molar-refractivity contribution in [3.8, 4) is 5.75 Å². The molecular formula is C34H41N7O8. The predicted octanol–water partition coefficient (Wildman–Crippen LogP) is -1.51. The van der Waals surface area contributed by atoms with E-state index in [1.54, 1.807) is 12.1 Å².